The van der Waals surface area contributed by atoms with Crippen molar-refractivity contribution in [3.8, 4) is 0 Å². The second-order valence-corrected chi connectivity index (χ2v) is 8.84. The number of sulfone groups is 1. The molecule has 0 aliphatic rings. The highest BCUT2D eigenvalue weighted by molar-refractivity contribution is 7.89. The first-order valence-electron chi connectivity index (χ1n) is 8.95. The van der Waals surface area contributed by atoms with E-state index in [0.717, 1.165) is 6.26 Å². The molecule has 29 heavy (non-hydrogen) atoms. The molecule has 0 N–H and O–H groups in total. The quantitative estimate of drug-likeness (QED) is 0.436. The summed E-state index contributed by atoms with van der Waals surface area (Å²) in [6.07, 6.45) is 0.0201. The monoisotopic (exact) mass is 408 g/mol. The van der Waals surface area contributed by atoms with Gasteiger partial charge in [0.25, 0.3) is 0 Å². The molecule has 0 spiro atoms. The number of esters is 1. The Kier molecular flexibility index (Phi) is 6.24. The number of rotatable bonds is 7. The Bertz CT molecular complexity index is 1110. The Morgan fingerprint density at radius 3 is 2.03 bits per heavy atom. The summed E-state index contributed by atoms with van der Waals surface area (Å²) < 4.78 is 28.6. The summed E-state index contributed by atoms with van der Waals surface area (Å²) >= 11 is 0. The van der Waals surface area contributed by atoms with E-state index < -0.39 is 21.9 Å². The van der Waals surface area contributed by atoms with Crippen LogP contribution in [0.1, 0.15) is 37.9 Å². The lowest BCUT2D eigenvalue weighted by atomic mass is 9.99. The fourth-order valence-electron chi connectivity index (χ4n) is 2.92. The highest BCUT2D eigenvalue weighted by Crippen LogP contribution is 2.24. The van der Waals surface area contributed by atoms with Gasteiger partial charge in [0.1, 0.15) is 0 Å². The zero-order valence-electron chi connectivity index (χ0n) is 15.8. The maximum atomic E-state index is 13.0. The fraction of sp³-hybridized carbons (Fsp3) is 0.130. The normalized spacial score (nSPS) is 12.2. The van der Waals surface area contributed by atoms with E-state index >= 15 is 0 Å². The average Bonchev–Trinajstić information content (AvgIpc) is 2.71. The van der Waals surface area contributed by atoms with Gasteiger partial charge in [0.2, 0.25) is 5.78 Å². The van der Waals surface area contributed by atoms with Gasteiger partial charge in [-0.05, 0) is 17.7 Å². The summed E-state index contributed by atoms with van der Waals surface area (Å²) in [5, 5.41) is 0. The lowest BCUT2D eigenvalue weighted by Gasteiger charge is -2.18. The van der Waals surface area contributed by atoms with Gasteiger partial charge in [-0.1, -0.05) is 72.8 Å². The molecule has 0 heterocycles. The number of hydrogen-bond donors (Lipinski definition) is 0. The minimum atomic E-state index is -3.24. The smallest absolute Gasteiger partial charge is 0.339 e. The molecule has 0 aromatic heterocycles. The van der Waals surface area contributed by atoms with E-state index in [9.17, 15) is 18.0 Å². The average molecular weight is 408 g/mol. The first-order chi connectivity index (χ1) is 13.8. The topological polar surface area (TPSA) is 77.5 Å². The SMILES string of the molecule is CS(=O)(=O)Cc1cccc(C(=O)O[C@H](C(=O)c2ccccc2)c2ccccc2)c1. The van der Waals surface area contributed by atoms with Gasteiger partial charge in [-0.25, -0.2) is 13.2 Å². The van der Waals surface area contributed by atoms with E-state index in [4.69, 9.17) is 4.74 Å². The van der Waals surface area contributed by atoms with Gasteiger partial charge in [-0.2, -0.15) is 0 Å². The third-order valence-corrected chi connectivity index (χ3v) is 5.07. The third-order valence-electron chi connectivity index (χ3n) is 4.22. The van der Waals surface area contributed by atoms with E-state index in [0.29, 0.717) is 16.7 Å². The van der Waals surface area contributed by atoms with Crippen LogP contribution < -0.4 is 0 Å². The zero-order chi connectivity index (χ0) is 20.9. The summed E-state index contributed by atoms with van der Waals surface area (Å²) in [5.41, 5.74) is 1.66. The first kappa shape index (κ1) is 20.5. The van der Waals surface area contributed by atoms with E-state index in [1.54, 1.807) is 66.7 Å². The van der Waals surface area contributed by atoms with E-state index in [-0.39, 0.29) is 17.1 Å². The summed E-state index contributed by atoms with van der Waals surface area (Å²) in [7, 11) is -3.24. The molecule has 0 unspecified atom stereocenters. The summed E-state index contributed by atoms with van der Waals surface area (Å²) in [6.45, 7) is 0. The van der Waals surface area contributed by atoms with E-state index in [1.807, 2.05) is 6.07 Å². The molecule has 3 aromatic rings. The van der Waals surface area contributed by atoms with Crippen LogP contribution in [0.5, 0.6) is 0 Å². The van der Waals surface area contributed by atoms with E-state index in [1.165, 1.54) is 12.1 Å². The van der Waals surface area contributed by atoms with Crippen LogP contribution in [-0.4, -0.2) is 26.4 Å². The van der Waals surface area contributed by atoms with Crippen LogP contribution in [0, 0.1) is 0 Å². The van der Waals surface area contributed by atoms with Crippen LogP contribution in [0.4, 0.5) is 0 Å². The lowest BCUT2D eigenvalue weighted by molar-refractivity contribution is 0.0280. The number of carbonyl (C=O) groups is 2. The molecule has 0 saturated carbocycles. The molecule has 3 aromatic carbocycles. The van der Waals surface area contributed by atoms with Crippen LogP contribution in [-0.2, 0) is 20.3 Å². The molecule has 0 aliphatic heterocycles. The molecule has 0 amide bonds. The van der Waals surface area contributed by atoms with Crippen LogP contribution in [0.15, 0.2) is 84.9 Å². The van der Waals surface area contributed by atoms with Gasteiger partial charge in [0.05, 0.1) is 11.3 Å². The Morgan fingerprint density at radius 1 is 0.828 bits per heavy atom. The number of benzene rings is 3. The highest BCUT2D eigenvalue weighted by atomic mass is 32.2. The summed E-state index contributed by atoms with van der Waals surface area (Å²) in [4.78, 5) is 25.8. The van der Waals surface area contributed by atoms with Crippen molar-refractivity contribution in [1.82, 2.24) is 0 Å². The molecule has 1 atom stereocenters. The second kappa shape index (κ2) is 8.84. The second-order valence-electron chi connectivity index (χ2n) is 6.70. The van der Waals surface area contributed by atoms with E-state index in [2.05, 4.69) is 0 Å². The van der Waals surface area contributed by atoms with Crippen LogP contribution in [0.25, 0.3) is 0 Å². The van der Waals surface area contributed by atoms with Gasteiger partial charge >= 0.3 is 5.97 Å². The van der Waals surface area contributed by atoms with Crippen LogP contribution in [0.2, 0.25) is 0 Å². The number of carbonyl (C=O) groups excluding carboxylic acids is 2. The molecular formula is C23H20O5S. The summed E-state index contributed by atoms with van der Waals surface area (Å²) in [5.74, 6) is -1.21. The first-order valence-corrected chi connectivity index (χ1v) is 11.0. The lowest BCUT2D eigenvalue weighted by Crippen LogP contribution is -2.20. The Labute approximate surface area is 169 Å². The van der Waals surface area contributed by atoms with Crippen molar-refractivity contribution in [3.63, 3.8) is 0 Å². The molecule has 148 valence electrons. The van der Waals surface area contributed by atoms with Crippen LogP contribution >= 0.6 is 0 Å². The number of ether oxygens (including phenoxy) is 1. The Morgan fingerprint density at radius 2 is 1.41 bits per heavy atom. The molecule has 0 radical (unpaired) electrons. The van der Waals surface area contributed by atoms with Gasteiger partial charge in [0, 0.05) is 17.4 Å². The predicted molar refractivity (Wildman–Crippen MR) is 110 cm³/mol. The van der Waals surface area contributed by atoms with Crippen molar-refractivity contribution in [1.29, 1.82) is 0 Å². The minimum Gasteiger partial charge on any atom is -0.445 e. The molecule has 0 aliphatic carbocycles. The van der Waals surface area contributed by atoms with Gasteiger partial charge in [-0.3, -0.25) is 4.79 Å². The number of Topliss-reactive ketones (excluding diaryl/α,β-unsaturated/α-hetero) is 1. The maximum absolute atomic E-state index is 13.0. The summed E-state index contributed by atoms with van der Waals surface area (Å²) in [6, 6.07) is 23.6. The van der Waals surface area contributed by atoms with Crippen molar-refractivity contribution in [3.05, 3.63) is 107 Å². The van der Waals surface area contributed by atoms with Crippen molar-refractivity contribution in [2.75, 3.05) is 6.26 Å². The fourth-order valence-corrected chi connectivity index (χ4v) is 3.71. The molecule has 0 fully saturated rings. The molecule has 6 heteroatoms. The molecule has 0 saturated heterocycles. The minimum absolute atomic E-state index is 0.181. The van der Waals surface area contributed by atoms with Crippen molar-refractivity contribution < 1.29 is 22.7 Å². The number of hydrogen-bond acceptors (Lipinski definition) is 5. The Hall–Kier alpha value is -3.25. The van der Waals surface area contributed by atoms with Crippen molar-refractivity contribution in [2.24, 2.45) is 0 Å². The molecule has 0 bridgehead atoms. The predicted octanol–water partition coefficient (Wildman–Crippen LogP) is 4.01. The van der Waals surface area contributed by atoms with Crippen LogP contribution in [0.3, 0.4) is 0 Å². The highest BCUT2D eigenvalue weighted by Gasteiger charge is 2.26. The van der Waals surface area contributed by atoms with Gasteiger partial charge in [0.15, 0.2) is 15.9 Å². The standard InChI is InChI=1S/C23H20O5S/c1-29(26,27)16-17-9-8-14-20(15-17)23(25)28-22(19-12-6-3-7-13-19)21(24)18-10-4-2-5-11-18/h2-15,22H,16H2,1H3/t22-/m0/s1. The van der Waals surface area contributed by atoms with Crippen molar-refractivity contribution in [2.45, 2.75) is 11.9 Å². The third kappa shape index (κ3) is 5.62. The zero-order valence-corrected chi connectivity index (χ0v) is 16.6. The Balaban J connectivity index is 1.89. The number of ketones is 1. The largest absolute Gasteiger partial charge is 0.445 e. The molecule has 5 nitrogen and oxygen atoms in total. The van der Waals surface area contributed by atoms with Gasteiger partial charge in [-0.15, -0.1) is 0 Å². The molecular weight excluding hydrogens is 388 g/mol. The maximum Gasteiger partial charge on any atom is 0.339 e. The van der Waals surface area contributed by atoms with Crippen molar-refractivity contribution >= 4 is 21.6 Å². The molecule has 3 rings (SSSR count). The van der Waals surface area contributed by atoms with Gasteiger partial charge < -0.3 is 4.74 Å².